The van der Waals surface area contributed by atoms with Gasteiger partial charge in [-0.2, -0.15) is 0 Å². The molecule has 3 aliphatic carbocycles. The van der Waals surface area contributed by atoms with Gasteiger partial charge < -0.3 is 44.4 Å². The van der Waals surface area contributed by atoms with Crippen LogP contribution in [0.2, 0.25) is 0 Å². The number of hydrogen-bond acceptors (Lipinski definition) is 14. The van der Waals surface area contributed by atoms with Gasteiger partial charge in [-0.15, -0.1) is 23.2 Å². The number of unbranched alkanes of at least 4 members (excludes halogenated alkanes) is 2. The number of aliphatic carboxylic acids is 1. The second-order valence-electron chi connectivity index (χ2n) is 20.3. The zero-order valence-electron chi connectivity index (χ0n) is 42.4. The molecule has 3 fully saturated rings. The molecule has 0 spiro atoms. The van der Waals surface area contributed by atoms with Gasteiger partial charge in [0, 0.05) is 123 Å². The average Bonchev–Trinajstić information content (AvgIpc) is 4.22. The molecular formula is C54H58Cl2N6O13S2. The molecule has 19 nitrogen and oxygen atoms in total. The molecule has 3 atom stereocenters. The SMILES string of the molecule is CN(CCN(C)C(=O)Oc1cc2c(c3ccccc13)[C@H](CCl)CN2C(=O)C12CC(C(=O)N3C[C@@H](CCl)c4c3cc(OO)c3ccccc43)(C1)C2)C(=O)OCCSSC[C@H](NC(=O)CCCCCN1C(=O)C=CC1=O)C(=O)O. The zero-order valence-corrected chi connectivity index (χ0v) is 45.5. The van der Waals surface area contributed by atoms with E-state index < -0.39 is 40.9 Å². The Morgan fingerprint density at radius 3 is 1.79 bits per heavy atom. The number of imide groups is 1. The molecule has 4 aromatic rings. The van der Waals surface area contributed by atoms with Crippen LogP contribution in [0.3, 0.4) is 0 Å². The molecule has 408 valence electrons. The van der Waals surface area contributed by atoms with Crippen LogP contribution in [0.4, 0.5) is 21.0 Å². The summed E-state index contributed by atoms with van der Waals surface area (Å²) in [6, 6.07) is 17.3. The van der Waals surface area contributed by atoms with E-state index >= 15 is 0 Å². The number of halogens is 2. The Morgan fingerprint density at radius 1 is 0.740 bits per heavy atom. The number of rotatable bonds is 23. The summed E-state index contributed by atoms with van der Waals surface area (Å²) in [5, 5.41) is 25.0. The third-order valence-corrected chi connectivity index (χ3v) is 18.4. The van der Waals surface area contributed by atoms with Crippen molar-refractivity contribution in [1.29, 1.82) is 0 Å². The van der Waals surface area contributed by atoms with Crippen molar-refractivity contribution in [2.75, 3.05) is 86.5 Å². The predicted molar refractivity (Wildman–Crippen MR) is 293 cm³/mol. The molecular weight excluding hydrogens is 1080 g/mol. The zero-order chi connectivity index (χ0) is 54.8. The lowest BCUT2D eigenvalue weighted by atomic mass is 9.34. The Hall–Kier alpha value is -6.26. The average molecular weight is 1130 g/mol. The molecule has 10 rings (SSSR count). The second kappa shape index (κ2) is 23.4. The maximum Gasteiger partial charge on any atom is 0.415 e. The van der Waals surface area contributed by atoms with Gasteiger partial charge in [0.2, 0.25) is 17.7 Å². The molecule has 0 saturated heterocycles. The molecule has 0 aromatic heterocycles. The van der Waals surface area contributed by atoms with E-state index in [9.17, 15) is 48.7 Å². The van der Waals surface area contributed by atoms with Crippen molar-refractivity contribution < 1.29 is 63.1 Å². The summed E-state index contributed by atoms with van der Waals surface area (Å²) in [7, 11) is 5.56. The molecule has 7 amide bonds. The number of carbonyl (C=O) groups is 8. The van der Waals surface area contributed by atoms with Crippen LogP contribution in [-0.2, 0) is 33.5 Å². The molecule has 23 heteroatoms. The van der Waals surface area contributed by atoms with Crippen molar-refractivity contribution in [1.82, 2.24) is 20.0 Å². The smallest absolute Gasteiger partial charge is 0.415 e. The topological polar surface area (TPSA) is 233 Å². The van der Waals surface area contributed by atoms with Crippen LogP contribution in [0, 0.1) is 10.8 Å². The Balaban J connectivity index is 0.742. The number of nitrogens with one attached hydrogen (secondary N) is 1. The summed E-state index contributed by atoms with van der Waals surface area (Å²) >= 11 is 13.1. The molecule has 77 heavy (non-hydrogen) atoms. The minimum absolute atomic E-state index is 0.0208. The minimum atomic E-state index is -1.19. The standard InChI is InChI=1S/C54H58Cl2N6O13S2/c1-58(51(70)73-20-21-76-77-28-38(48(66)67)57-43(63)14-4-3-9-17-60-44(64)15-16-45(60)65)18-19-59(2)52(71)74-41-22-39-46(36-12-7-5-10-34(36)41)32(24-55)26-61(39)49(68)53-29-54(30-53,31-53)50(69)62-27-33(25-56)47-37-13-8-6-11-35(37)42(75-72)23-40(47)62/h5-8,10-13,15-16,22-23,32-33,38,72H,3-4,9,14,17-21,24-31H2,1-2H3,(H,57,63)(H,66,67)/t32-,33-,38+,53?,54?/m1/s1. The van der Waals surface area contributed by atoms with Crippen LogP contribution < -0.4 is 24.7 Å². The first-order valence-corrected chi connectivity index (χ1v) is 28.9. The van der Waals surface area contributed by atoms with Crippen molar-refractivity contribution in [3.63, 3.8) is 0 Å². The van der Waals surface area contributed by atoms with Gasteiger partial charge in [0.15, 0.2) is 5.75 Å². The van der Waals surface area contributed by atoms with E-state index in [0.29, 0.717) is 85.4 Å². The Bertz CT molecular complexity index is 3030. The highest BCUT2D eigenvalue weighted by atomic mass is 35.5. The number of fused-ring (bicyclic) bond motifs is 6. The second-order valence-corrected chi connectivity index (χ2v) is 23.5. The Labute approximate surface area is 461 Å². The fourth-order valence-electron chi connectivity index (χ4n) is 11.4. The fourth-order valence-corrected chi connectivity index (χ4v) is 13.9. The number of benzene rings is 4. The summed E-state index contributed by atoms with van der Waals surface area (Å²) < 4.78 is 11.4. The van der Waals surface area contributed by atoms with E-state index in [2.05, 4.69) is 5.32 Å². The number of hydrogen-bond donors (Lipinski definition) is 3. The summed E-state index contributed by atoms with van der Waals surface area (Å²) in [6.45, 7) is 1.16. The van der Waals surface area contributed by atoms with Crippen LogP contribution in [0.1, 0.15) is 67.9 Å². The van der Waals surface area contributed by atoms with Gasteiger partial charge in [0.05, 0.1) is 22.2 Å². The molecule has 3 N–H and O–H groups in total. The first kappa shape index (κ1) is 55.5. The van der Waals surface area contributed by atoms with Crippen molar-refractivity contribution in [3.8, 4) is 11.5 Å². The van der Waals surface area contributed by atoms with Crippen molar-refractivity contribution in [3.05, 3.63) is 83.9 Å². The van der Waals surface area contributed by atoms with E-state index in [1.54, 1.807) is 21.9 Å². The van der Waals surface area contributed by atoms with Crippen LogP contribution in [-0.4, -0.2) is 155 Å². The van der Waals surface area contributed by atoms with E-state index in [-0.39, 0.29) is 91.3 Å². The highest BCUT2D eigenvalue weighted by Gasteiger charge is 2.76. The Kier molecular flexibility index (Phi) is 16.8. The van der Waals surface area contributed by atoms with E-state index in [0.717, 1.165) is 26.8 Å². The number of nitrogens with zero attached hydrogens (tertiary/aromatic N) is 5. The highest BCUT2D eigenvalue weighted by Crippen LogP contribution is 2.75. The minimum Gasteiger partial charge on any atom is -0.480 e. The van der Waals surface area contributed by atoms with E-state index in [1.165, 1.54) is 57.6 Å². The van der Waals surface area contributed by atoms with Gasteiger partial charge in [-0.1, -0.05) is 76.5 Å². The van der Waals surface area contributed by atoms with E-state index in [4.69, 9.17) is 37.6 Å². The number of alkyl halides is 2. The van der Waals surface area contributed by atoms with Gasteiger partial charge in [-0.25, -0.2) is 19.6 Å². The van der Waals surface area contributed by atoms with Crippen molar-refractivity contribution in [2.24, 2.45) is 10.8 Å². The van der Waals surface area contributed by atoms with Crippen molar-refractivity contribution >= 4 is 125 Å². The fraction of sp³-hybridized carbons (Fsp3) is 0.444. The molecule has 2 bridgehead atoms. The molecule has 0 unspecified atom stereocenters. The van der Waals surface area contributed by atoms with Crippen LogP contribution in [0.5, 0.6) is 11.5 Å². The van der Waals surface area contributed by atoms with Gasteiger partial charge in [0.25, 0.3) is 11.8 Å². The number of likely N-dealkylation sites (N-methyl/N-ethyl adjacent to an activating group) is 2. The normalized spacial score (nSPS) is 21.1. The summed E-state index contributed by atoms with van der Waals surface area (Å²) in [5.41, 5.74) is 1.56. The lowest BCUT2D eigenvalue weighted by Crippen LogP contribution is -2.73. The van der Waals surface area contributed by atoms with Gasteiger partial charge >= 0.3 is 18.2 Å². The number of carboxylic acids is 1. The largest absolute Gasteiger partial charge is 0.480 e. The molecule has 3 heterocycles. The molecule has 3 saturated carbocycles. The molecule has 4 aromatic carbocycles. The number of ether oxygens (including phenoxy) is 2. The number of amides is 7. The number of carboxylic acid groups (broad SMARTS) is 1. The summed E-state index contributed by atoms with van der Waals surface area (Å²) in [4.78, 5) is 115. The molecule has 0 radical (unpaired) electrons. The van der Waals surface area contributed by atoms with Gasteiger partial charge in [-0.05, 0) is 54.0 Å². The Morgan fingerprint density at radius 2 is 1.26 bits per heavy atom. The maximum absolute atomic E-state index is 14.8. The number of anilines is 2. The summed E-state index contributed by atoms with van der Waals surface area (Å²) in [5.74, 6) is -1.44. The lowest BCUT2D eigenvalue weighted by Gasteiger charge is -2.69. The van der Waals surface area contributed by atoms with Gasteiger partial charge in [-0.3, -0.25) is 28.9 Å². The molecule has 6 aliphatic rings. The van der Waals surface area contributed by atoms with E-state index in [1.807, 2.05) is 48.5 Å². The number of carbonyl (C=O) groups excluding carboxylic acids is 7. The highest BCUT2D eigenvalue weighted by molar-refractivity contribution is 8.76. The maximum atomic E-state index is 14.8. The van der Waals surface area contributed by atoms with Crippen LogP contribution in [0.15, 0.2) is 72.8 Å². The first-order chi connectivity index (χ1) is 37.0. The predicted octanol–water partition coefficient (Wildman–Crippen LogP) is 7.99. The lowest BCUT2D eigenvalue weighted by molar-refractivity contribution is -0.205. The molecule has 3 aliphatic heterocycles. The van der Waals surface area contributed by atoms with Crippen LogP contribution >= 0.6 is 44.8 Å². The van der Waals surface area contributed by atoms with Gasteiger partial charge in [0.1, 0.15) is 18.4 Å². The van der Waals surface area contributed by atoms with Crippen molar-refractivity contribution in [2.45, 2.75) is 62.8 Å². The van der Waals surface area contributed by atoms with Crippen LogP contribution in [0.25, 0.3) is 21.5 Å². The third-order valence-electron chi connectivity index (χ3n) is 15.3. The monoisotopic (exact) mass is 1130 g/mol. The summed E-state index contributed by atoms with van der Waals surface area (Å²) in [6.07, 6.45) is 3.90. The third kappa shape index (κ3) is 11.0. The quantitative estimate of drug-likeness (QED) is 0.0160. The first-order valence-electron chi connectivity index (χ1n) is 25.3.